The van der Waals surface area contributed by atoms with Crippen molar-refractivity contribution in [2.75, 3.05) is 14.2 Å². The molecular weight excluding hydrogens is 240 g/mol. The number of methoxy groups -OCH3 is 1. The van der Waals surface area contributed by atoms with Crippen LogP contribution in [-0.2, 0) is 11.2 Å². The number of hydrogen-bond donors (Lipinski definition) is 0. The number of likely N-dealkylation sites (N-methyl/N-ethyl adjacent to an activating group) is 1. The highest BCUT2D eigenvalue weighted by molar-refractivity contribution is 5.73. The Bertz CT molecular complexity index is 589. The number of rotatable bonds is 4. The number of nitrogens with zero attached hydrogens (tertiary/aromatic N) is 2. The molecule has 19 heavy (non-hydrogen) atoms. The van der Waals surface area contributed by atoms with Crippen LogP contribution >= 0.6 is 0 Å². The van der Waals surface area contributed by atoms with Crippen LogP contribution in [-0.4, -0.2) is 35.4 Å². The van der Waals surface area contributed by atoms with Crippen LogP contribution in [0.1, 0.15) is 19.4 Å². The molecule has 4 heteroatoms. The average Bonchev–Trinajstić information content (AvgIpc) is 2.80. The minimum atomic E-state index is 0.0861. The molecule has 2 aromatic heterocycles. The van der Waals surface area contributed by atoms with Gasteiger partial charge in [-0.15, -0.1) is 0 Å². The summed E-state index contributed by atoms with van der Waals surface area (Å²) in [5.74, 6) is 0.947. The Morgan fingerprint density at radius 3 is 2.79 bits per heavy atom. The van der Waals surface area contributed by atoms with Crippen LogP contribution in [0.5, 0.6) is 5.75 Å². The maximum Gasteiger partial charge on any atom is 0.219 e. The Morgan fingerprint density at radius 2 is 2.16 bits per heavy atom. The third-order valence-electron chi connectivity index (χ3n) is 3.62. The number of pyridine rings is 1. The summed E-state index contributed by atoms with van der Waals surface area (Å²) in [6, 6.07) is 6.16. The molecule has 2 heterocycles. The molecule has 0 fully saturated rings. The Balaban J connectivity index is 2.33. The molecule has 0 aliphatic heterocycles. The van der Waals surface area contributed by atoms with Crippen molar-refractivity contribution in [3.05, 3.63) is 36.2 Å². The van der Waals surface area contributed by atoms with Crippen molar-refractivity contribution in [2.24, 2.45) is 0 Å². The normalized spacial score (nSPS) is 12.4. The molecule has 2 aromatic rings. The monoisotopic (exact) mass is 260 g/mol. The van der Waals surface area contributed by atoms with Crippen molar-refractivity contribution in [2.45, 2.75) is 26.3 Å². The van der Waals surface area contributed by atoms with Crippen molar-refractivity contribution in [3.63, 3.8) is 0 Å². The fourth-order valence-electron chi connectivity index (χ4n) is 2.30. The largest absolute Gasteiger partial charge is 0.495 e. The molecule has 1 amide bonds. The highest BCUT2D eigenvalue weighted by Crippen LogP contribution is 2.25. The first-order valence-corrected chi connectivity index (χ1v) is 6.40. The molecule has 102 valence electrons. The second kappa shape index (κ2) is 5.34. The van der Waals surface area contributed by atoms with Crippen molar-refractivity contribution < 1.29 is 9.53 Å². The molecule has 4 nitrogen and oxygen atoms in total. The van der Waals surface area contributed by atoms with Gasteiger partial charge in [-0.05, 0) is 37.1 Å². The van der Waals surface area contributed by atoms with E-state index in [4.69, 9.17) is 4.74 Å². The molecular formula is C15H20N2O2. The van der Waals surface area contributed by atoms with Crippen LogP contribution in [0.15, 0.2) is 30.6 Å². The number of hydrogen-bond acceptors (Lipinski definition) is 2. The van der Waals surface area contributed by atoms with E-state index < -0.39 is 0 Å². The smallest absolute Gasteiger partial charge is 0.219 e. The fourth-order valence-corrected chi connectivity index (χ4v) is 2.30. The zero-order valence-electron chi connectivity index (χ0n) is 11.9. The summed E-state index contributed by atoms with van der Waals surface area (Å²) in [4.78, 5) is 13.2. The number of carbonyl (C=O) groups is 1. The summed E-state index contributed by atoms with van der Waals surface area (Å²) < 4.78 is 7.46. The van der Waals surface area contributed by atoms with Gasteiger partial charge in [-0.25, -0.2) is 0 Å². The number of carbonyl (C=O) groups excluding carboxylic acids is 1. The van der Waals surface area contributed by atoms with Gasteiger partial charge in [0.1, 0.15) is 5.75 Å². The number of ether oxygens (including phenoxy) is 1. The van der Waals surface area contributed by atoms with Crippen molar-refractivity contribution in [1.82, 2.24) is 9.30 Å². The van der Waals surface area contributed by atoms with Gasteiger partial charge in [0.05, 0.1) is 12.6 Å². The Morgan fingerprint density at radius 1 is 1.42 bits per heavy atom. The van der Waals surface area contributed by atoms with Crippen LogP contribution < -0.4 is 4.74 Å². The molecule has 2 rings (SSSR count). The van der Waals surface area contributed by atoms with E-state index in [1.54, 1.807) is 18.9 Å². The summed E-state index contributed by atoms with van der Waals surface area (Å²) in [6.45, 7) is 3.65. The summed E-state index contributed by atoms with van der Waals surface area (Å²) >= 11 is 0. The molecule has 1 atom stereocenters. The summed E-state index contributed by atoms with van der Waals surface area (Å²) in [7, 11) is 3.51. The van der Waals surface area contributed by atoms with Gasteiger partial charge in [0.25, 0.3) is 0 Å². The molecule has 0 aliphatic carbocycles. The van der Waals surface area contributed by atoms with E-state index in [-0.39, 0.29) is 11.9 Å². The minimum Gasteiger partial charge on any atom is -0.495 e. The first kappa shape index (κ1) is 13.5. The molecule has 0 aromatic carbocycles. The standard InChI is InChI=1S/C15H20N2O2/c1-11(16(3)12(2)18)10-13-7-9-17-8-5-6-14(19-4)15(13)17/h5-9,11H,10H2,1-4H3. The van der Waals surface area contributed by atoms with E-state index in [1.165, 1.54) is 5.56 Å². The van der Waals surface area contributed by atoms with E-state index in [1.807, 2.05) is 31.6 Å². The number of aromatic nitrogens is 1. The quantitative estimate of drug-likeness (QED) is 0.845. The molecule has 0 saturated carbocycles. The van der Waals surface area contributed by atoms with Gasteiger partial charge in [-0.1, -0.05) is 0 Å². The fraction of sp³-hybridized carbons (Fsp3) is 0.400. The van der Waals surface area contributed by atoms with Gasteiger partial charge in [0, 0.05) is 32.4 Å². The highest BCUT2D eigenvalue weighted by Gasteiger charge is 2.16. The molecule has 0 N–H and O–H groups in total. The van der Waals surface area contributed by atoms with Gasteiger partial charge in [0.15, 0.2) is 0 Å². The predicted molar refractivity (Wildman–Crippen MR) is 75.6 cm³/mol. The summed E-state index contributed by atoms with van der Waals surface area (Å²) in [5, 5.41) is 0. The van der Waals surface area contributed by atoms with E-state index in [0.29, 0.717) is 0 Å². The van der Waals surface area contributed by atoms with Crippen LogP contribution in [0.2, 0.25) is 0 Å². The van der Waals surface area contributed by atoms with E-state index in [2.05, 4.69) is 17.4 Å². The third-order valence-corrected chi connectivity index (χ3v) is 3.62. The lowest BCUT2D eigenvalue weighted by atomic mass is 10.1. The van der Waals surface area contributed by atoms with Gasteiger partial charge in [0.2, 0.25) is 5.91 Å². The van der Waals surface area contributed by atoms with Crippen molar-refractivity contribution >= 4 is 11.4 Å². The highest BCUT2D eigenvalue weighted by atomic mass is 16.5. The van der Waals surface area contributed by atoms with E-state index in [0.717, 1.165) is 17.7 Å². The third kappa shape index (κ3) is 2.57. The SMILES string of the molecule is COc1cccn2ccc(CC(C)N(C)C(C)=O)c12. The minimum absolute atomic E-state index is 0.0861. The maximum absolute atomic E-state index is 11.4. The summed E-state index contributed by atoms with van der Waals surface area (Å²) in [6.07, 6.45) is 4.83. The van der Waals surface area contributed by atoms with Gasteiger partial charge in [-0.3, -0.25) is 4.79 Å². The van der Waals surface area contributed by atoms with Gasteiger partial charge >= 0.3 is 0 Å². The zero-order valence-corrected chi connectivity index (χ0v) is 11.9. The molecule has 0 aliphatic rings. The lowest BCUT2D eigenvalue weighted by Crippen LogP contribution is -2.34. The molecule has 1 unspecified atom stereocenters. The van der Waals surface area contributed by atoms with Crippen LogP contribution in [0, 0.1) is 0 Å². The van der Waals surface area contributed by atoms with E-state index >= 15 is 0 Å². The Labute approximate surface area is 113 Å². The van der Waals surface area contributed by atoms with Gasteiger partial charge in [-0.2, -0.15) is 0 Å². The Kier molecular flexibility index (Phi) is 3.79. The number of amides is 1. The first-order chi connectivity index (χ1) is 9.04. The van der Waals surface area contributed by atoms with Crippen LogP contribution in [0.25, 0.3) is 5.52 Å². The van der Waals surface area contributed by atoms with Crippen molar-refractivity contribution in [1.29, 1.82) is 0 Å². The molecule has 0 bridgehead atoms. The average molecular weight is 260 g/mol. The lowest BCUT2D eigenvalue weighted by molar-refractivity contribution is -0.129. The summed E-state index contributed by atoms with van der Waals surface area (Å²) in [5.41, 5.74) is 2.27. The van der Waals surface area contributed by atoms with Gasteiger partial charge < -0.3 is 14.0 Å². The predicted octanol–water partition coefficient (Wildman–Crippen LogP) is 2.36. The lowest BCUT2D eigenvalue weighted by Gasteiger charge is -2.23. The number of fused-ring (bicyclic) bond motifs is 1. The topological polar surface area (TPSA) is 34.0 Å². The molecule has 0 radical (unpaired) electrons. The second-order valence-corrected chi connectivity index (χ2v) is 4.86. The molecule has 0 spiro atoms. The maximum atomic E-state index is 11.4. The van der Waals surface area contributed by atoms with Crippen LogP contribution in [0.3, 0.4) is 0 Å². The first-order valence-electron chi connectivity index (χ1n) is 6.40. The van der Waals surface area contributed by atoms with Crippen LogP contribution in [0.4, 0.5) is 0 Å². The Hall–Kier alpha value is -1.97. The molecule has 0 saturated heterocycles. The second-order valence-electron chi connectivity index (χ2n) is 4.86. The zero-order chi connectivity index (χ0) is 14.0. The van der Waals surface area contributed by atoms with E-state index in [9.17, 15) is 4.79 Å². The van der Waals surface area contributed by atoms with Crippen molar-refractivity contribution in [3.8, 4) is 5.75 Å².